The molecule has 0 spiro atoms. The molecule has 2 unspecified atom stereocenters. The minimum atomic E-state index is -0.430. The summed E-state index contributed by atoms with van der Waals surface area (Å²) in [6.07, 6.45) is 9.24. The standard InChI is InChI=1S/C22H34O4/c1-6-22(26-19(23)16(2)3)13-10-18(15-22)14-17(4)20(24)25-21(5)11-8-7-9-12-21/h18H,2,4,6-15H2,1,3,5H3. The van der Waals surface area contributed by atoms with Crippen molar-refractivity contribution in [1.29, 1.82) is 0 Å². The fourth-order valence-corrected chi connectivity index (χ4v) is 4.27. The first-order valence-electron chi connectivity index (χ1n) is 9.99. The van der Waals surface area contributed by atoms with Gasteiger partial charge in [0.1, 0.15) is 11.2 Å². The van der Waals surface area contributed by atoms with Crippen LogP contribution in [0.2, 0.25) is 0 Å². The third kappa shape index (κ3) is 5.21. The molecule has 0 N–H and O–H groups in total. The van der Waals surface area contributed by atoms with Gasteiger partial charge >= 0.3 is 11.9 Å². The summed E-state index contributed by atoms with van der Waals surface area (Å²) in [5, 5.41) is 0. The smallest absolute Gasteiger partial charge is 0.333 e. The molecule has 0 bridgehead atoms. The lowest BCUT2D eigenvalue weighted by Crippen LogP contribution is -2.34. The molecule has 2 fully saturated rings. The van der Waals surface area contributed by atoms with E-state index in [0.29, 0.717) is 23.5 Å². The minimum Gasteiger partial charge on any atom is -0.456 e. The Morgan fingerprint density at radius 3 is 2.27 bits per heavy atom. The van der Waals surface area contributed by atoms with Gasteiger partial charge in [0, 0.05) is 11.1 Å². The first kappa shape index (κ1) is 20.7. The maximum absolute atomic E-state index is 12.5. The summed E-state index contributed by atoms with van der Waals surface area (Å²) in [6, 6.07) is 0. The largest absolute Gasteiger partial charge is 0.456 e. The summed E-state index contributed by atoms with van der Waals surface area (Å²) in [7, 11) is 0. The molecule has 2 rings (SSSR count). The van der Waals surface area contributed by atoms with Gasteiger partial charge in [-0.1, -0.05) is 26.5 Å². The molecular weight excluding hydrogens is 328 g/mol. The molecule has 2 saturated carbocycles. The topological polar surface area (TPSA) is 52.6 Å². The number of carbonyl (C=O) groups excluding carboxylic acids is 2. The summed E-state index contributed by atoms with van der Waals surface area (Å²) in [4.78, 5) is 24.4. The summed E-state index contributed by atoms with van der Waals surface area (Å²) in [5.74, 6) is -0.287. The van der Waals surface area contributed by atoms with Crippen LogP contribution in [0, 0.1) is 5.92 Å². The van der Waals surface area contributed by atoms with Crippen LogP contribution in [0.15, 0.2) is 24.3 Å². The fourth-order valence-electron chi connectivity index (χ4n) is 4.27. The molecule has 0 aromatic heterocycles. The van der Waals surface area contributed by atoms with Gasteiger partial charge in [0.15, 0.2) is 0 Å². The van der Waals surface area contributed by atoms with E-state index in [-0.39, 0.29) is 17.5 Å². The van der Waals surface area contributed by atoms with Crippen molar-refractivity contribution in [2.24, 2.45) is 5.92 Å². The molecule has 0 aromatic rings. The highest BCUT2D eigenvalue weighted by atomic mass is 16.6. The second-order valence-electron chi connectivity index (χ2n) is 8.52. The van der Waals surface area contributed by atoms with Crippen molar-refractivity contribution in [3.05, 3.63) is 24.3 Å². The molecule has 2 atom stereocenters. The predicted molar refractivity (Wildman–Crippen MR) is 103 cm³/mol. The molecule has 0 aliphatic heterocycles. The number of esters is 2. The van der Waals surface area contributed by atoms with Crippen LogP contribution in [0.4, 0.5) is 0 Å². The van der Waals surface area contributed by atoms with Crippen LogP contribution in [0.3, 0.4) is 0 Å². The molecule has 0 radical (unpaired) electrons. The van der Waals surface area contributed by atoms with E-state index in [1.54, 1.807) is 6.92 Å². The highest BCUT2D eigenvalue weighted by Crippen LogP contribution is 2.43. The molecular formula is C22H34O4. The van der Waals surface area contributed by atoms with Crippen LogP contribution in [-0.2, 0) is 19.1 Å². The van der Waals surface area contributed by atoms with E-state index in [1.165, 1.54) is 6.42 Å². The van der Waals surface area contributed by atoms with E-state index >= 15 is 0 Å². The summed E-state index contributed by atoms with van der Waals surface area (Å²) in [6.45, 7) is 13.4. The molecule has 26 heavy (non-hydrogen) atoms. The van der Waals surface area contributed by atoms with Crippen LogP contribution in [-0.4, -0.2) is 23.1 Å². The van der Waals surface area contributed by atoms with Gasteiger partial charge in [-0.2, -0.15) is 0 Å². The zero-order chi connectivity index (χ0) is 19.4. The van der Waals surface area contributed by atoms with Crippen molar-refractivity contribution >= 4 is 11.9 Å². The first-order valence-corrected chi connectivity index (χ1v) is 9.99. The third-order valence-electron chi connectivity index (χ3n) is 6.04. The van der Waals surface area contributed by atoms with Crippen LogP contribution in [0.25, 0.3) is 0 Å². The van der Waals surface area contributed by atoms with Crippen molar-refractivity contribution in [3.8, 4) is 0 Å². The van der Waals surface area contributed by atoms with Gasteiger partial charge in [0.2, 0.25) is 0 Å². The molecule has 146 valence electrons. The third-order valence-corrected chi connectivity index (χ3v) is 6.04. The fraction of sp³-hybridized carbons (Fsp3) is 0.727. The lowest BCUT2D eigenvalue weighted by molar-refractivity contribution is -0.157. The number of carbonyl (C=O) groups is 2. The van der Waals surface area contributed by atoms with Crippen molar-refractivity contribution in [1.82, 2.24) is 0 Å². The summed E-state index contributed by atoms with van der Waals surface area (Å²) in [5.41, 5.74) is 0.202. The number of rotatable bonds is 7. The number of hydrogen-bond acceptors (Lipinski definition) is 4. The van der Waals surface area contributed by atoms with E-state index in [2.05, 4.69) is 13.2 Å². The maximum Gasteiger partial charge on any atom is 0.333 e. The highest BCUT2D eigenvalue weighted by molar-refractivity contribution is 5.88. The van der Waals surface area contributed by atoms with E-state index < -0.39 is 5.60 Å². The molecule has 2 aliphatic rings. The normalized spacial score (nSPS) is 27.6. The van der Waals surface area contributed by atoms with E-state index in [1.807, 2.05) is 13.8 Å². The van der Waals surface area contributed by atoms with Gasteiger partial charge in [-0.25, -0.2) is 9.59 Å². The molecule has 0 amide bonds. The van der Waals surface area contributed by atoms with Crippen LogP contribution < -0.4 is 0 Å². The Morgan fingerprint density at radius 2 is 1.69 bits per heavy atom. The lowest BCUT2D eigenvalue weighted by atomic mass is 9.86. The second-order valence-corrected chi connectivity index (χ2v) is 8.52. The number of ether oxygens (including phenoxy) is 2. The van der Waals surface area contributed by atoms with Crippen molar-refractivity contribution in [2.75, 3.05) is 0 Å². The Hall–Kier alpha value is -1.58. The van der Waals surface area contributed by atoms with Crippen LogP contribution >= 0.6 is 0 Å². The SMILES string of the molecule is C=C(C)C(=O)OC1(CC)CCC(CC(=C)C(=O)OC2(C)CCCCC2)C1. The first-order chi connectivity index (χ1) is 12.2. The van der Waals surface area contributed by atoms with Crippen molar-refractivity contribution < 1.29 is 19.1 Å². The predicted octanol–water partition coefficient (Wildman–Crippen LogP) is 5.27. The summed E-state index contributed by atoms with van der Waals surface area (Å²) >= 11 is 0. The van der Waals surface area contributed by atoms with Crippen LogP contribution in [0.1, 0.15) is 85.0 Å². The van der Waals surface area contributed by atoms with Gasteiger partial charge < -0.3 is 9.47 Å². The Bertz CT molecular complexity index is 571. The van der Waals surface area contributed by atoms with Gasteiger partial charge in [0.05, 0.1) is 0 Å². The summed E-state index contributed by atoms with van der Waals surface area (Å²) < 4.78 is 11.5. The van der Waals surface area contributed by atoms with Crippen molar-refractivity contribution in [3.63, 3.8) is 0 Å². The van der Waals surface area contributed by atoms with Gasteiger partial charge in [0.25, 0.3) is 0 Å². The quantitative estimate of drug-likeness (QED) is 0.457. The molecule has 0 saturated heterocycles. The molecule has 4 nitrogen and oxygen atoms in total. The van der Waals surface area contributed by atoms with E-state index in [9.17, 15) is 9.59 Å². The van der Waals surface area contributed by atoms with Gasteiger partial charge in [-0.3, -0.25) is 0 Å². The van der Waals surface area contributed by atoms with Gasteiger partial charge in [-0.05, 0) is 77.6 Å². The number of hydrogen-bond donors (Lipinski definition) is 0. The zero-order valence-corrected chi connectivity index (χ0v) is 16.7. The molecule has 2 aliphatic carbocycles. The van der Waals surface area contributed by atoms with Gasteiger partial charge in [-0.15, -0.1) is 0 Å². The molecule has 4 heteroatoms. The average Bonchev–Trinajstić information content (AvgIpc) is 2.98. The zero-order valence-electron chi connectivity index (χ0n) is 16.7. The highest BCUT2D eigenvalue weighted by Gasteiger charge is 2.42. The van der Waals surface area contributed by atoms with E-state index in [0.717, 1.165) is 51.4 Å². The molecule has 0 aromatic carbocycles. The Balaban J connectivity index is 1.88. The Labute approximate surface area is 158 Å². The second kappa shape index (κ2) is 8.41. The minimum absolute atomic E-state index is 0.262. The Kier molecular flexibility index (Phi) is 6.70. The monoisotopic (exact) mass is 362 g/mol. The Morgan fingerprint density at radius 1 is 1.04 bits per heavy atom. The molecule has 0 heterocycles. The van der Waals surface area contributed by atoms with E-state index in [4.69, 9.17) is 9.47 Å². The van der Waals surface area contributed by atoms with Crippen molar-refractivity contribution in [2.45, 2.75) is 96.2 Å². The maximum atomic E-state index is 12.5. The average molecular weight is 363 g/mol. The van der Waals surface area contributed by atoms with Crippen LogP contribution in [0.5, 0.6) is 0 Å². The lowest BCUT2D eigenvalue weighted by Gasteiger charge is -2.33.